The van der Waals surface area contributed by atoms with E-state index in [2.05, 4.69) is 4.98 Å². The van der Waals surface area contributed by atoms with Crippen molar-refractivity contribution >= 4 is 17.9 Å². The van der Waals surface area contributed by atoms with Crippen LogP contribution in [0.2, 0.25) is 0 Å². The summed E-state index contributed by atoms with van der Waals surface area (Å²) >= 11 is 0. The number of ether oxygens (including phenoxy) is 2. The van der Waals surface area contributed by atoms with Crippen LogP contribution in [0.4, 0.5) is 10.6 Å². The molecule has 156 valence electrons. The number of carbonyl (C=O) groups is 2. The Hall–Kier alpha value is -3.09. The van der Waals surface area contributed by atoms with E-state index in [1.165, 1.54) is 11.1 Å². The fourth-order valence-electron chi connectivity index (χ4n) is 2.82. The number of carboxylic acids is 1. The van der Waals surface area contributed by atoms with Crippen LogP contribution < -0.4 is 9.64 Å². The second-order valence-electron chi connectivity index (χ2n) is 7.66. The molecule has 0 aliphatic carbocycles. The van der Waals surface area contributed by atoms with Crippen molar-refractivity contribution in [3.05, 3.63) is 53.7 Å². The van der Waals surface area contributed by atoms with Crippen LogP contribution in [0.5, 0.6) is 5.75 Å². The topological polar surface area (TPSA) is 89.0 Å². The molecule has 1 aromatic heterocycles. The van der Waals surface area contributed by atoms with Crippen LogP contribution in [0.3, 0.4) is 0 Å². The van der Waals surface area contributed by atoms with Crippen molar-refractivity contribution < 1.29 is 24.2 Å². The molecular weight excluding hydrogens is 372 g/mol. The van der Waals surface area contributed by atoms with E-state index in [9.17, 15) is 14.7 Å². The molecule has 0 fully saturated rings. The van der Waals surface area contributed by atoms with Gasteiger partial charge in [-0.3, -0.25) is 9.69 Å². The van der Waals surface area contributed by atoms with Gasteiger partial charge in [0.2, 0.25) is 0 Å². The number of hydrogen-bond acceptors (Lipinski definition) is 5. The number of anilines is 1. The third-order valence-corrected chi connectivity index (χ3v) is 4.27. The Bertz CT molecular complexity index is 843. The number of methoxy groups -OCH3 is 1. The smallest absolute Gasteiger partial charge is 0.416 e. The zero-order valence-corrected chi connectivity index (χ0v) is 17.5. The number of benzene rings is 1. The van der Waals surface area contributed by atoms with Gasteiger partial charge in [0.25, 0.3) is 0 Å². The van der Waals surface area contributed by atoms with Crippen LogP contribution in [0.25, 0.3) is 0 Å². The fraction of sp³-hybridized carbons (Fsp3) is 0.409. The Morgan fingerprint density at radius 1 is 1.17 bits per heavy atom. The second-order valence-corrected chi connectivity index (χ2v) is 7.66. The van der Waals surface area contributed by atoms with Gasteiger partial charge in [-0.2, -0.15) is 0 Å². The molecular formula is C22H28N2O5. The molecule has 0 bridgehead atoms. The Balaban J connectivity index is 2.40. The summed E-state index contributed by atoms with van der Waals surface area (Å²) in [6, 6.07) is 10.6. The third-order valence-electron chi connectivity index (χ3n) is 4.27. The molecule has 2 rings (SSSR count). The highest BCUT2D eigenvalue weighted by atomic mass is 16.6. The monoisotopic (exact) mass is 400 g/mol. The van der Waals surface area contributed by atoms with Crippen LogP contribution in [0.1, 0.15) is 51.2 Å². The van der Waals surface area contributed by atoms with Crippen LogP contribution in [0.15, 0.2) is 42.6 Å². The van der Waals surface area contributed by atoms with Crippen molar-refractivity contribution in [2.45, 2.75) is 52.2 Å². The molecule has 1 heterocycles. The highest BCUT2D eigenvalue weighted by Crippen LogP contribution is 2.26. The Kier molecular flexibility index (Phi) is 7.20. The lowest BCUT2D eigenvalue weighted by atomic mass is 9.97. The van der Waals surface area contributed by atoms with E-state index in [1.54, 1.807) is 40.0 Å². The van der Waals surface area contributed by atoms with Gasteiger partial charge in [0.15, 0.2) is 0 Å². The van der Waals surface area contributed by atoms with Crippen molar-refractivity contribution in [1.29, 1.82) is 0 Å². The summed E-state index contributed by atoms with van der Waals surface area (Å²) in [5, 5.41) is 9.47. The lowest BCUT2D eigenvalue weighted by molar-refractivity contribution is -0.138. The quantitative estimate of drug-likeness (QED) is 0.730. The minimum absolute atomic E-state index is 0.221. The van der Waals surface area contributed by atoms with Gasteiger partial charge in [-0.15, -0.1) is 0 Å². The first-order valence-corrected chi connectivity index (χ1v) is 9.46. The van der Waals surface area contributed by atoms with Gasteiger partial charge in [0.05, 0.1) is 19.6 Å². The van der Waals surface area contributed by atoms with Crippen molar-refractivity contribution in [2.24, 2.45) is 0 Å². The summed E-state index contributed by atoms with van der Waals surface area (Å²) in [4.78, 5) is 30.2. The molecule has 0 radical (unpaired) electrons. The zero-order chi connectivity index (χ0) is 21.6. The molecule has 1 aromatic carbocycles. The summed E-state index contributed by atoms with van der Waals surface area (Å²) in [5.74, 6) is -0.529. The fourth-order valence-corrected chi connectivity index (χ4v) is 2.82. The maximum atomic E-state index is 12.9. The number of pyridine rings is 1. The van der Waals surface area contributed by atoms with Gasteiger partial charge < -0.3 is 14.6 Å². The maximum Gasteiger partial charge on any atom is 0.416 e. The minimum atomic E-state index is -0.913. The number of carboxylic acid groups (broad SMARTS) is 1. The standard InChI is InChI=1S/C22H28N2O5/c1-6-18(20(25)26)16-11-12-23-19(13-16)24(21(27)29-22(2,3)4)14-15-7-9-17(28-5)10-8-15/h7-13,18H,6,14H2,1-5H3,(H,25,26). The number of rotatable bonds is 7. The van der Waals surface area contributed by atoms with Gasteiger partial charge in [-0.1, -0.05) is 19.1 Å². The van der Waals surface area contributed by atoms with Gasteiger partial charge in [-0.05, 0) is 62.6 Å². The molecule has 1 unspecified atom stereocenters. The SMILES string of the molecule is CCC(C(=O)O)c1ccnc(N(Cc2ccc(OC)cc2)C(=O)OC(C)(C)C)c1. The Labute approximate surface area is 171 Å². The van der Waals surface area contributed by atoms with Crippen molar-refractivity contribution in [1.82, 2.24) is 4.98 Å². The zero-order valence-electron chi connectivity index (χ0n) is 17.5. The molecule has 2 aromatic rings. The Morgan fingerprint density at radius 2 is 1.83 bits per heavy atom. The minimum Gasteiger partial charge on any atom is -0.497 e. The molecule has 29 heavy (non-hydrogen) atoms. The van der Waals surface area contributed by atoms with E-state index in [4.69, 9.17) is 9.47 Å². The highest BCUT2D eigenvalue weighted by molar-refractivity contribution is 5.87. The van der Waals surface area contributed by atoms with Crippen molar-refractivity contribution in [3.63, 3.8) is 0 Å². The Morgan fingerprint density at radius 3 is 2.34 bits per heavy atom. The van der Waals surface area contributed by atoms with E-state index >= 15 is 0 Å². The van der Waals surface area contributed by atoms with Crippen LogP contribution in [0, 0.1) is 0 Å². The van der Waals surface area contributed by atoms with Gasteiger partial charge in [0, 0.05) is 6.20 Å². The van der Waals surface area contributed by atoms with E-state index in [0.29, 0.717) is 23.6 Å². The lowest BCUT2D eigenvalue weighted by Gasteiger charge is -2.27. The molecule has 7 heteroatoms. The first-order chi connectivity index (χ1) is 13.6. The number of aliphatic carboxylic acids is 1. The van der Waals surface area contributed by atoms with Gasteiger partial charge >= 0.3 is 12.1 Å². The van der Waals surface area contributed by atoms with E-state index in [1.807, 2.05) is 31.2 Å². The number of amides is 1. The average molecular weight is 400 g/mol. The molecule has 1 atom stereocenters. The summed E-state index contributed by atoms with van der Waals surface area (Å²) < 4.78 is 10.7. The predicted molar refractivity (Wildman–Crippen MR) is 110 cm³/mol. The highest BCUT2D eigenvalue weighted by Gasteiger charge is 2.26. The molecule has 0 saturated heterocycles. The summed E-state index contributed by atoms with van der Waals surface area (Å²) in [5.41, 5.74) is 0.766. The first-order valence-electron chi connectivity index (χ1n) is 9.46. The number of carbonyl (C=O) groups excluding carboxylic acids is 1. The summed E-state index contributed by atoms with van der Waals surface area (Å²) in [6.07, 6.45) is 1.40. The maximum absolute atomic E-state index is 12.9. The summed E-state index contributed by atoms with van der Waals surface area (Å²) in [6.45, 7) is 7.40. The number of aromatic nitrogens is 1. The molecule has 0 saturated carbocycles. The predicted octanol–water partition coefficient (Wildman–Crippen LogP) is 4.61. The average Bonchev–Trinajstić information content (AvgIpc) is 2.65. The normalized spacial score (nSPS) is 12.2. The molecule has 1 amide bonds. The molecule has 0 aliphatic rings. The van der Waals surface area contributed by atoms with Crippen LogP contribution in [-0.2, 0) is 16.1 Å². The number of nitrogens with zero attached hydrogens (tertiary/aromatic N) is 2. The largest absolute Gasteiger partial charge is 0.497 e. The van der Waals surface area contributed by atoms with Crippen molar-refractivity contribution in [3.8, 4) is 5.75 Å². The van der Waals surface area contributed by atoms with E-state index < -0.39 is 23.6 Å². The van der Waals surface area contributed by atoms with Crippen molar-refractivity contribution in [2.75, 3.05) is 12.0 Å². The van der Waals surface area contributed by atoms with E-state index in [0.717, 1.165) is 5.56 Å². The molecule has 0 spiro atoms. The van der Waals surface area contributed by atoms with Crippen LogP contribution >= 0.6 is 0 Å². The molecule has 1 N–H and O–H groups in total. The second kappa shape index (κ2) is 9.41. The molecule has 7 nitrogen and oxygen atoms in total. The molecule has 0 aliphatic heterocycles. The number of hydrogen-bond donors (Lipinski definition) is 1. The van der Waals surface area contributed by atoms with E-state index in [-0.39, 0.29) is 6.54 Å². The first kappa shape index (κ1) is 22.2. The van der Waals surface area contributed by atoms with Gasteiger partial charge in [0.1, 0.15) is 17.2 Å². The third kappa shape index (κ3) is 6.20. The summed E-state index contributed by atoms with van der Waals surface area (Å²) in [7, 11) is 1.59. The lowest BCUT2D eigenvalue weighted by Crippen LogP contribution is -2.37. The van der Waals surface area contributed by atoms with Gasteiger partial charge in [-0.25, -0.2) is 9.78 Å². The van der Waals surface area contributed by atoms with Crippen LogP contribution in [-0.4, -0.2) is 34.9 Å².